The molecule has 8 heteroatoms. The van der Waals surface area contributed by atoms with Crippen LogP contribution in [-0.2, 0) is 28.3 Å². The molecule has 0 unspecified atom stereocenters. The summed E-state index contributed by atoms with van der Waals surface area (Å²) in [7, 11) is -1.60. The van der Waals surface area contributed by atoms with Gasteiger partial charge in [0.2, 0.25) is 15.9 Å². The second-order valence-corrected chi connectivity index (χ2v) is 8.73. The van der Waals surface area contributed by atoms with Gasteiger partial charge in [-0.05, 0) is 31.0 Å². The molecule has 7 nitrogen and oxygen atoms in total. The van der Waals surface area contributed by atoms with E-state index in [0.717, 1.165) is 30.6 Å². The summed E-state index contributed by atoms with van der Waals surface area (Å²) in [5, 5.41) is 2.74. The average Bonchev–Trinajstić information content (AvgIpc) is 3.00. The number of carbonyl (C=O) groups excluding carboxylic acids is 1. The summed E-state index contributed by atoms with van der Waals surface area (Å²) < 4.78 is 29.2. The number of aromatic nitrogens is 2. The van der Waals surface area contributed by atoms with Crippen molar-refractivity contribution in [1.82, 2.24) is 19.2 Å². The molecule has 1 aliphatic heterocycles. The molecule has 1 amide bonds. The number of piperidine rings is 1. The van der Waals surface area contributed by atoms with E-state index >= 15 is 0 Å². The highest BCUT2D eigenvalue weighted by Gasteiger charge is 2.26. The molecule has 0 bridgehead atoms. The van der Waals surface area contributed by atoms with E-state index in [1.54, 1.807) is 28.6 Å². The first kappa shape index (κ1) is 19.6. The second-order valence-electron chi connectivity index (χ2n) is 6.80. The van der Waals surface area contributed by atoms with Crippen LogP contribution in [-0.4, -0.2) is 47.8 Å². The van der Waals surface area contributed by atoms with Crippen molar-refractivity contribution in [3.05, 3.63) is 36.7 Å². The number of rotatable bonds is 7. The predicted molar refractivity (Wildman–Crippen MR) is 105 cm³/mol. The van der Waals surface area contributed by atoms with Crippen LogP contribution in [0.2, 0.25) is 0 Å². The van der Waals surface area contributed by atoms with Crippen molar-refractivity contribution in [3.8, 4) is 0 Å². The van der Waals surface area contributed by atoms with Crippen molar-refractivity contribution in [2.75, 3.05) is 19.6 Å². The van der Waals surface area contributed by atoms with E-state index in [9.17, 15) is 13.2 Å². The third-order valence-electron chi connectivity index (χ3n) is 4.92. The molecular formula is C19H26N4O3S. The van der Waals surface area contributed by atoms with Gasteiger partial charge in [-0.1, -0.05) is 12.5 Å². The first-order valence-electron chi connectivity index (χ1n) is 9.26. The molecule has 1 aliphatic rings. The fourth-order valence-corrected chi connectivity index (χ4v) is 4.91. The molecule has 1 fully saturated rings. The van der Waals surface area contributed by atoms with Gasteiger partial charge in [-0.2, -0.15) is 4.31 Å². The highest BCUT2D eigenvalue weighted by Crippen LogP contribution is 2.24. The highest BCUT2D eigenvalue weighted by molar-refractivity contribution is 7.89. The molecule has 0 atom stereocenters. The molecule has 1 aromatic carbocycles. The van der Waals surface area contributed by atoms with Gasteiger partial charge in [0.1, 0.15) is 5.82 Å². The summed E-state index contributed by atoms with van der Waals surface area (Å²) in [6.07, 6.45) is 5.34. The van der Waals surface area contributed by atoms with Crippen molar-refractivity contribution in [2.24, 2.45) is 7.05 Å². The Kier molecular flexibility index (Phi) is 5.96. The second kappa shape index (κ2) is 8.22. The summed E-state index contributed by atoms with van der Waals surface area (Å²) in [5.41, 5.74) is 1.49. The van der Waals surface area contributed by atoms with Crippen LogP contribution < -0.4 is 5.32 Å². The van der Waals surface area contributed by atoms with Crippen molar-refractivity contribution in [1.29, 1.82) is 0 Å². The fraction of sp³-hybridized carbons (Fsp3) is 0.474. The van der Waals surface area contributed by atoms with E-state index in [0.29, 0.717) is 38.0 Å². The zero-order chi connectivity index (χ0) is 19.4. The van der Waals surface area contributed by atoms with Crippen LogP contribution in [0.5, 0.6) is 0 Å². The Hall–Kier alpha value is -2.19. The van der Waals surface area contributed by atoms with E-state index in [1.807, 2.05) is 11.6 Å². The monoisotopic (exact) mass is 390 g/mol. The van der Waals surface area contributed by atoms with Gasteiger partial charge >= 0.3 is 0 Å². The Labute approximate surface area is 160 Å². The first-order valence-corrected chi connectivity index (χ1v) is 10.7. The van der Waals surface area contributed by atoms with Crippen LogP contribution in [0.25, 0.3) is 11.0 Å². The maximum absolute atomic E-state index is 12.9. The van der Waals surface area contributed by atoms with E-state index in [4.69, 9.17) is 0 Å². The Morgan fingerprint density at radius 2 is 2.04 bits per heavy atom. The van der Waals surface area contributed by atoms with Crippen LogP contribution >= 0.6 is 0 Å². The number of carbonyl (C=O) groups is 1. The molecule has 0 aliphatic carbocycles. The first-order chi connectivity index (χ1) is 12.9. The van der Waals surface area contributed by atoms with E-state index < -0.39 is 10.0 Å². The number of amides is 1. The lowest BCUT2D eigenvalue weighted by Crippen LogP contribution is -2.35. The SMILES string of the molecule is C=CCNC(=O)CCc1nc2cc(S(=O)(=O)N3CCCCC3)ccc2n1C. The van der Waals surface area contributed by atoms with E-state index in [1.165, 1.54) is 0 Å². The van der Waals surface area contributed by atoms with Gasteiger partial charge in [0.15, 0.2) is 0 Å². The third-order valence-corrected chi connectivity index (χ3v) is 6.81. The number of benzene rings is 1. The number of aryl methyl sites for hydroxylation is 2. The number of hydrogen-bond donors (Lipinski definition) is 1. The number of hydrogen-bond acceptors (Lipinski definition) is 4. The van der Waals surface area contributed by atoms with Gasteiger partial charge < -0.3 is 9.88 Å². The van der Waals surface area contributed by atoms with Crippen molar-refractivity contribution >= 4 is 27.0 Å². The summed E-state index contributed by atoms with van der Waals surface area (Å²) >= 11 is 0. The van der Waals surface area contributed by atoms with Gasteiger partial charge in [-0.15, -0.1) is 6.58 Å². The van der Waals surface area contributed by atoms with Crippen LogP contribution in [0.15, 0.2) is 35.7 Å². The molecule has 2 heterocycles. The molecule has 2 aromatic rings. The van der Waals surface area contributed by atoms with Crippen molar-refractivity contribution in [3.63, 3.8) is 0 Å². The molecule has 0 spiro atoms. The van der Waals surface area contributed by atoms with Gasteiger partial charge in [0.05, 0.1) is 15.9 Å². The molecule has 1 aromatic heterocycles. The minimum absolute atomic E-state index is 0.0599. The lowest BCUT2D eigenvalue weighted by molar-refractivity contribution is -0.120. The third kappa shape index (κ3) is 4.22. The molecule has 27 heavy (non-hydrogen) atoms. The van der Waals surface area contributed by atoms with Crippen LogP contribution in [0.3, 0.4) is 0 Å². The lowest BCUT2D eigenvalue weighted by atomic mass is 10.2. The minimum Gasteiger partial charge on any atom is -0.353 e. The minimum atomic E-state index is -3.48. The molecule has 146 valence electrons. The Morgan fingerprint density at radius 3 is 2.74 bits per heavy atom. The number of nitrogens with one attached hydrogen (secondary N) is 1. The molecule has 0 radical (unpaired) electrons. The van der Waals surface area contributed by atoms with E-state index in [2.05, 4.69) is 16.9 Å². The largest absolute Gasteiger partial charge is 0.353 e. The maximum Gasteiger partial charge on any atom is 0.243 e. The highest BCUT2D eigenvalue weighted by atomic mass is 32.2. The summed E-state index contributed by atoms with van der Waals surface area (Å²) in [4.78, 5) is 16.6. The normalized spacial score (nSPS) is 15.7. The van der Waals surface area contributed by atoms with Crippen LogP contribution in [0.4, 0.5) is 0 Å². The lowest BCUT2D eigenvalue weighted by Gasteiger charge is -2.25. The summed E-state index contributed by atoms with van der Waals surface area (Å²) in [6, 6.07) is 5.08. The van der Waals surface area contributed by atoms with Gasteiger partial charge in [-0.25, -0.2) is 13.4 Å². The summed E-state index contributed by atoms with van der Waals surface area (Å²) in [6.45, 7) is 5.17. The van der Waals surface area contributed by atoms with Crippen LogP contribution in [0, 0.1) is 0 Å². The average molecular weight is 391 g/mol. The Morgan fingerprint density at radius 1 is 1.30 bits per heavy atom. The van der Waals surface area contributed by atoms with Crippen molar-refractivity contribution < 1.29 is 13.2 Å². The van der Waals surface area contributed by atoms with Gasteiger partial charge in [-0.3, -0.25) is 4.79 Å². The van der Waals surface area contributed by atoms with Gasteiger partial charge in [0, 0.05) is 39.5 Å². The predicted octanol–water partition coefficient (Wildman–Crippen LogP) is 1.98. The number of sulfonamides is 1. The molecular weight excluding hydrogens is 364 g/mol. The molecule has 3 rings (SSSR count). The zero-order valence-electron chi connectivity index (χ0n) is 15.6. The zero-order valence-corrected chi connectivity index (χ0v) is 16.5. The quantitative estimate of drug-likeness (QED) is 0.733. The molecule has 0 saturated carbocycles. The van der Waals surface area contributed by atoms with E-state index in [-0.39, 0.29) is 10.8 Å². The maximum atomic E-state index is 12.9. The smallest absolute Gasteiger partial charge is 0.243 e. The number of fused-ring (bicyclic) bond motifs is 1. The molecule has 1 saturated heterocycles. The fourth-order valence-electron chi connectivity index (χ4n) is 3.37. The van der Waals surface area contributed by atoms with Crippen LogP contribution in [0.1, 0.15) is 31.5 Å². The molecule has 1 N–H and O–H groups in total. The number of imidazole rings is 1. The Bertz CT molecular complexity index is 943. The summed E-state index contributed by atoms with van der Waals surface area (Å²) in [5.74, 6) is 0.696. The Balaban J connectivity index is 1.81. The van der Waals surface area contributed by atoms with Crippen molar-refractivity contribution in [2.45, 2.75) is 37.0 Å². The topological polar surface area (TPSA) is 84.3 Å². The van der Waals surface area contributed by atoms with Gasteiger partial charge in [0.25, 0.3) is 0 Å². The standard InChI is InChI=1S/C19H26N4O3S/c1-3-11-20-19(24)10-9-18-21-16-14-15(7-8-17(16)22(18)2)27(25,26)23-12-5-4-6-13-23/h3,7-8,14H,1,4-6,9-13H2,2H3,(H,20,24). The number of nitrogens with zero attached hydrogens (tertiary/aromatic N) is 3.